The second-order valence-corrected chi connectivity index (χ2v) is 9.54. The standard InChI is InChI=1S/C16H16BrCl2NO3S2/c1-23-16-5-3-12(9-13(16)17)25(21,22)20-6-7-24-10-11-2-4-14(18)15(19)8-11/h2-5,8-9,20H,6-7,10H2,1H3. The van der Waals surface area contributed by atoms with E-state index in [1.54, 1.807) is 23.9 Å². The van der Waals surface area contributed by atoms with Crippen molar-refractivity contribution < 1.29 is 13.2 Å². The molecule has 0 saturated carbocycles. The molecule has 0 bridgehead atoms. The van der Waals surface area contributed by atoms with Gasteiger partial charge in [-0.05, 0) is 51.8 Å². The third-order valence-electron chi connectivity index (χ3n) is 3.22. The number of nitrogens with one attached hydrogen (secondary N) is 1. The van der Waals surface area contributed by atoms with Crippen molar-refractivity contribution in [1.82, 2.24) is 4.72 Å². The monoisotopic (exact) mass is 483 g/mol. The molecule has 0 atom stereocenters. The van der Waals surface area contributed by atoms with E-state index in [1.165, 1.54) is 19.2 Å². The Morgan fingerprint density at radius 3 is 2.56 bits per heavy atom. The van der Waals surface area contributed by atoms with Crippen LogP contribution in [0.1, 0.15) is 5.56 Å². The highest BCUT2D eigenvalue weighted by atomic mass is 79.9. The van der Waals surface area contributed by atoms with Crippen LogP contribution >= 0.6 is 50.9 Å². The van der Waals surface area contributed by atoms with Gasteiger partial charge in [0, 0.05) is 18.1 Å². The molecule has 0 radical (unpaired) electrons. The van der Waals surface area contributed by atoms with Crippen molar-refractivity contribution >= 4 is 60.9 Å². The average molecular weight is 485 g/mol. The van der Waals surface area contributed by atoms with Crippen molar-refractivity contribution in [2.75, 3.05) is 19.4 Å². The van der Waals surface area contributed by atoms with Gasteiger partial charge in [0.05, 0.1) is 26.5 Å². The molecule has 0 aliphatic rings. The maximum Gasteiger partial charge on any atom is 0.240 e. The zero-order chi connectivity index (χ0) is 18.4. The van der Waals surface area contributed by atoms with Crippen LogP contribution < -0.4 is 9.46 Å². The smallest absolute Gasteiger partial charge is 0.240 e. The number of ether oxygens (including phenoxy) is 1. The molecular weight excluding hydrogens is 469 g/mol. The Kier molecular flexibility index (Phi) is 7.91. The number of halogens is 3. The summed E-state index contributed by atoms with van der Waals surface area (Å²) in [6.45, 7) is 0.331. The molecule has 9 heteroatoms. The van der Waals surface area contributed by atoms with Gasteiger partial charge in [0.2, 0.25) is 10.0 Å². The van der Waals surface area contributed by atoms with E-state index in [9.17, 15) is 8.42 Å². The number of benzene rings is 2. The molecule has 0 heterocycles. The topological polar surface area (TPSA) is 55.4 Å². The van der Waals surface area contributed by atoms with Crippen molar-refractivity contribution in [2.45, 2.75) is 10.6 Å². The minimum atomic E-state index is -3.55. The molecule has 2 aromatic carbocycles. The number of sulfonamides is 1. The van der Waals surface area contributed by atoms with Crippen molar-refractivity contribution in [1.29, 1.82) is 0 Å². The van der Waals surface area contributed by atoms with Gasteiger partial charge in [0.15, 0.2) is 0 Å². The van der Waals surface area contributed by atoms with Crippen molar-refractivity contribution in [3.8, 4) is 5.75 Å². The zero-order valence-corrected chi connectivity index (χ0v) is 18.0. The lowest BCUT2D eigenvalue weighted by atomic mass is 10.2. The summed E-state index contributed by atoms with van der Waals surface area (Å²) < 4.78 is 32.8. The fourth-order valence-corrected chi connectivity index (χ4v) is 4.97. The van der Waals surface area contributed by atoms with E-state index >= 15 is 0 Å². The van der Waals surface area contributed by atoms with Crippen LogP contribution in [0.25, 0.3) is 0 Å². The SMILES string of the molecule is COc1ccc(S(=O)(=O)NCCSCc2ccc(Cl)c(Cl)c2)cc1Br. The molecule has 0 aromatic heterocycles. The Bertz CT molecular complexity index is 847. The molecule has 0 spiro atoms. The number of thioether (sulfide) groups is 1. The molecule has 0 fully saturated rings. The van der Waals surface area contributed by atoms with Gasteiger partial charge in [-0.1, -0.05) is 29.3 Å². The second-order valence-electron chi connectivity index (χ2n) is 5.00. The van der Waals surface area contributed by atoms with Crippen LogP contribution in [0.4, 0.5) is 0 Å². The molecule has 0 unspecified atom stereocenters. The Labute approximate surface area is 170 Å². The highest BCUT2D eigenvalue weighted by molar-refractivity contribution is 9.10. The molecule has 2 rings (SSSR count). The third kappa shape index (κ3) is 6.05. The van der Waals surface area contributed by atoms with Gasteiger partial charge < -0.3 is 4.74 Å². The summed E-state index contributed by atoms with van der Waals surface area (Å²) in [6.07, 6.45) is 0. The van der Waals surface area contributed by atoms with E-state index in [0.29, 0.717) is 32.6 Å². The summed E-state index contributed by atoms with van der Waals surface area (Å²) >= 11 is 16.7. The molecular formula is C16H16BrCl2NO3S2. The normalized spacial score (nSPS) is 11.5. The van der Waals surface area contributed by atoms with E-state index in [1.807, 2.05) is 12.1 Å². The number of hydrogen-bond donors (Lipinski definition) is 1. The zero-order valence-electron chi connectivity index (χ0n) is 13.3. The maximum absolute atomic E-state index is 12.3. The molecule has 0 saturated heterocycles. The van der Waals surface area contributed by atoms with Crippen molar-refractivity contribution in [3.63, 3.8) is 0 Å². The first-order valence-electron chi connectivity index (χ1n) is 7.18. The molecule has 25 heavy (non-hydrogen) atoms. The first-order chi connectivity index (χ1) is 11.8. The van der Waals surface area contributed by atoms with Gasteiger partial charge in [-0.3, -0.25) is 0 Å². The van der Waals surface area contributed by atoms with Crippen LogP contribution in [0.15, 0.2) is 45.8 Å². The minimum Gasteiger partial charge on any atom is -0.496 e. The van der Waals surface area contributed by atoms with Gasteiger partial charge in [-0.25, -0.2) is 13.1 Å². The molecule has 0 amide bonds. The third-order valence-corrected chi connectivity index (χ3v) is 7.07. The van der Waals surface area contributed by atoms with Gasteiger partial charge in [-0.2, -0.15) is 11.8 Å². The fourth-order valence-electron chi connectivity index (χ4n) is 1.97. The van der Waals surface area contributed by atoms with Crippen LogP contribution in [-0.4, -0.2) is 27.8 Å². The maximum atomic E-state index is 12.3. The summed E-state index contributed by atoms with van der Waals surface area (Å²) in [7, 11) is -2.03. The van der Waals surface area contributed by atoms with Crippen LogP contribution in [0.2, 0.25) is 10.0 Å². The minimum absolute atomic E-state index is 0.189. The Balaban J connectivity index is 1.84. The lowest BCUT2D eigenvalue weighted by Crippen LogP contribution is -2.26. The van der Waals surface area contributed by atoms with Gasteiger partial charge >= 0.3 is 0 Å². The Morgan fingerprint density at radius 2 is 1.92 bits per heavy atom. The Hall–Kier alpha value is -0.440. The molecule has 2 aromatic rings. The Morgan fingerprint density at radius 1 is 1.16 bits per heavy atom. The first-order valence-corrected chi connectivity index (χ1v) is 11.4. The molecule has 0 aliphatic carbocycles. The summed E-state index contributed by atoms with van der Waals surface area (Å²) in [4.78, 5) is 0.189. The first kappa shape index (κ1) is 20.9. The highest BCUT2D eigenvalue weighted by Gasteiger charge is 2.15. The van der Waals surface area contributed by atoms with Crippen molar-refractivity contribution in [2.24, 2.45) is 0 Å². The van der Waals surface area contributed by atoms with Gasteiger partial charge in [0.25, 0.3) is 0 Å². The van der Waals surface area contributed by atoms with Crippen LogP contribution in [0.3, 0.4) is 0 Å². The van der Waals surface area contributed by atoms with E-state index in [2.05, 4.69) is 20.7 Å². The van der Waals surface area contributed by atoms with Gasteiger partial charge in [0.1, 0.15) is 5.75 Å². The summed E-state index contributed by atoms with van der Waals surface area (Å²) in [6, 6.07) is 10.1. The van der Waals surface area contributed by atoms with Crippen molar-refractivity contribution in [3.05, 3.63) is 56.5 Å². The number of rotatable bonds is 8. The van der Waals surface area contributed by atoms with Crippen LogP contribution in [-0.2, 0) is 15.8 Å². The van der Waals surface area contributed by atoms with E-state index in [4.69, 9.17) is 27.9 Å². The largest absolute Gasteiger partial charge is 0.496 e. The predicted molar refractivity (Wildman–Crippen MR) is 109 cm³/mol. The molecule has 0 aliphatic heterocycles. The van der Waals surface area contributed by atoms with E-state index in [-0.39, 0.29) is 4.90 Å². The summed E-state index contributed by atoms with van der Waals surface area (Å²) in [5.74, 6) is 1.94. The quantitative estimate of drug-likeness (QED) is 0.537. The predicted octanol–water partition coefficient (Wildman–Crippen LogP) is 4.98. The van der Waals surface area contributed by atoms with Crippen LogP contribution in [0.5, 0.6) is 5.75 Å². The lowest BCUT2D eigenvalue weighted by molar-refractivity contribution is 0.411. The lowest BCUT2D eigenvalue weighted by Gasteiger charge is -2.09. The summed E-state index contributed by atoms with van der Waals surface area (Å²) in [5, 5.41) is 1.04. The number of methoxy groups -OCH3 is 1. The van der Waals surface area contributed by atoms with E-state index < -0.39 is 10.0 Å². The fraction of sp³-hybridized carbons (Fsp3) is 0.250. The second kappa shape index (κ2) is 9.48. The van der Waals surface area contributed by atoms with E-state index in [0.717, 1.165) is 11.3 Å². The van der Waals surface area contributed by atoms with Crippen LogP contribution in [0, 0.1) is 0 Å². The molecule has 1 N–H and O–H groups in total. The highest BCUT2D eigenvalue weighted by Crippen LogP contribution is 2.27. The molecule has 136 valence electrons. The summed E-state index contributed by atoms with van der Waals surface area (Å²) in [5.41, 5.74) is 1.04. The van der Waals surface area contributed by atoms with Gasteiger partial charge in [-0.15, -0.1) is 0 Å². The molecule has 4 nitrogen and oxygen atoms in total. The average Bonchev–Trinajstić information content (AvgIpc) is 2.57. The number of hydrogen-bond acceptors (Lipinski definition) is 4.